The van der Waals surface area contributed by atoms with Crippen molar-refractivity contribution in [3.63, 3.8) is 0 Å². The van der Waals surface area contributed by atoms with Gasteiger partial charge in [-0.3, -0.25) is 4.79 Å². The van der Waals surface area contributed by atoms with Gasteiger partial charge in [0, 0.05) is 9.17 Å². The van der Waals surface area contributed by atoms with Gasteiger partial charge in [-0.05, 0) is 42.1 Å². The van der Waals surface area contributed by atoms with E-state index in [0.717, 1.165) is 25.0 Å². The predicted octanol–water partition coefficient (Wildman–Crippen LogP) is 5.15. The molecule has 1 atom stereocenters. The number of thiophene rings is 1. The molecule has 2 nitrogen and oxygen atoms in total. The average molecular weight is 360 g/mol. The molecule has 0 aliphatic heterocycles. The Morgan fingerprint density at radius 2 is 1.95 bits per heavy atom. The first-order valence-corrected chi connectivity index (χ1v) is 8.29. The summed E-state index contributed by atoms with van der Waals surface area (Å²) in [6, 6.07) is 17.9. The Hall–Kier alpha value is -1.65. The summed E-state index contributed by atoms with van der Waals surface area (Å²) in [5.74, 6) is -0.0244. The molecule has 1 heterocycles. The molecule has 0 radical (unpaired) electrons. The minimum atomic E-state index is -0.0276. The molecular formula is C17H14BrNOS. The highest BCUT2D eigenvalue weighted by atomic mass is 79.9. The zero-order valence-electron chi connectivity index (χ0n) is 11.5. The third-order valence-corrected chi connectivity index (χ3v) is 4.95. The lowest BCUT2D eigenvalue weighted by Gasteiger charge is -2.13. The molecule has 0 spiro atoms. The molecule has 1 amide bonds. The van der Waals surface area contributed by atoms with Gasteiger partial charge in [0.25, 0.3) is 5.91 Å². The fourth-order valence-electron chi connectivity index (χ4n) is 2.22. The number of halogens is 1. The summed E-state index contributed by atoms with van der Waals surface area (Å²) in [6.07, 6.45) is 0. The van der Waals surface area contributed by atoms with Crippen molar-refractivity contribution in [3.05, 3.63) is 69.5 Å². The van der Waals surface area contributed by atoms with Gasteiger partial charge in [-0.15, -0.1) is 11.3 Å². The largest absolute Gasteiger partial charge is 0.345 e. The molecule has 0 aliphatic carbocycles. The lowest BCUT2D eigenvalue weighted by molar-refractivity contribution is 0.0944. The molecule has 0 aliphatic rings. The molecule has 0 fully saturated rings. The standard InChI is InChI=1S/C17H14BrNOS/c1-11(12-6-4-7-14(18)9-12)19-17(20)16-10-13-5-2-3-8-15(13)21-16/h2-11H,1H3,(H,19,20). The predicted molar refractivity (Wildman–Crippen MR) is 91.8 cm³/mol. The van der Waals surface area contributed by atoms with Crippen molar-refractivity contribution in [2.75, 3.05) is 0 Å². The second kappa shape index (κ2) is 6.00. The van der Waals surface area contributed by atoms with Crippen LogP contribution in [-0.2, 0) is 0 Å². The maximum Gasteiger partial charge on any atom is 0.261 e. The minimum absolute atomic E-state index is 0.0244. The van der Waals surface area contributed by atoms with Crippen LogP contribution in [0.3, 0.4) is 0 Å². The number of hydrogen-bond donors (Lipinski definition) is 1. The van der Waals surface area contributed by atoms with Gasteiger partial charge in [0.15, 0.2) is 0 Å². The summed E-state index contributed by atoms with van der Waals surface area (Å²) >= 11 is 4.98. The molecule has 0 bridgehead atoms. The number of rotatable bonds is 3. The lowest BCUT2D eigenvalue weighted by atomic mass is 10.1. The third-order valence-electron chi connectivity index (χ3n) is 3.35. The van der Waals surface area contributed by atoms with Crippen LogP contribution < -0.4 is 5.32 Å². The molecule has 1 aromatic heterocycles. The number of carbonyl (C=O) groups excluding carboxylic acids is 1. The number of benzene rings is 2. The Morgan fingerprint density at radius 3 is 2.71 bits per heavy atom. The van der Waals surface area contributed by atoms with Gasteiger partial charge in [0.2, 0.25) is 0 Å². The molecule has 106 valence electrons. The molecule has 0 saturated carbocycles. The van der Waals surface area contributed by atoms with Crippen LogP contribution in [0.2, 0.25) is 0 Å². The second-order valence-electron chi connectivity index (χ2n) is 4.90. The SMILES string of the molecule is CC(NC(=O)c1cc2ccccc2s1)c1cccc(Br)c1. The Bertz CT molecular complexity index is 763. The summed E-state index contributed by atoms with van der Waals surface area (Å²) < 4.78 is 2.15. The van der Waals surface area contributed by atoms with Crippen LogP contribution in [-0.4, -0.2) is 5.91 Å². The van der Waals surface area contributed by atoms with Crippen LogP contribution in [0.4, 0.5) is 0 Å². The van der Waals surface area contributed by atoms with Gasteiger partial charge in [-0.25, -0.2) is 0 Å². The highest BCUT2D eigenvalue weighted by molar-refractivity contribution is 9.10. The van der Waals surface area contributed by atoms with Crippen LogP contribution in [0.5, 0.6) is 0 Å². The van der Waals surface area contributed by atoms with E-state index < -0.39 is 0 Å². The van der Waals surface area contributed by atoms with Crippen molar-refractivity contribution in [2.24, 2.45) is 0 Å². The van der Waals surface area contributed by atoms with Crippen LogP contribution >= 0.6 is 27.3 Å². The van der Waals surface area contributed by atoms with E-state index in [2.05, 4.69) is 21.2 Å². The molecule has 1 N–H and O–H groups in total. The molecule has 3 rings (SSSR count). The van der Waals surface area contributed by atoms with Gasteiger partial charge in [0.05, 0.1) is 10.9 Å². The molecule has 1 unspecified atom stereocenters. The normalized spacial score (nSPS) is 12.3. The van der Waals surface area contributed by atoms with Gasteiger partial charge < -0.3 is 5.32 Å². The molecular weight excluding hydrogens is 346 g/mol. The molecule has 4 heteroatoms. The van der Waals surface area contributed by atoms with Crippen molar-refractivity contribution < 1.29 is 4.79 Å². The first-order valence-electron chi connectivity index (χ1n) is 6.68. The fraction of sp³-hybridized carbons (Fsp3) is 0.118. The zero-order valence-corrected chi connectivity index (χ0v) is 13.9. The van der Waals surface area contributed by atoms with E-state index >= 15 is 0 Å². The van der Waals surface area contributed by atoms with E-state index in [1.807, 2.05) is 61.5 Å². The van der Waals surface area contributed by atoms with Crippen molar-refractivity contribution >= 4 is 43.3 Å². The molecule has 2 aromatic carbocycles. The maximum atomic E-state index is 12.4. The van der Waals surface area contributed by atoms with Crippen LogP contribution in [0.15, 0.2) is 59.1 Å². The Morgan fingerprint density at radius 1 is 1.14 bits per heavy atom. The quantitative estimate of drug-likeness (QED) is 0.687. The summed E-state index contributed by atoms with van der Waals surface area (Å²) in [4.78, 5) is 13.1. The van der Waals surface area contributed by atoms with Gasteiger partial charge in [-0.2, -0.15) is 0 Å². The van der Waals surface area contributed by atoms with E-state index in [1.54, 1.807) is 0 Å². The van der Waals surface area contributed by atoms with Crippen molar-refractivity contribution in [1.29, 1.82) is 0 Å². The smallest absolute Gasteiger partial charge is 0.261 e. The number of fused-ring (bicyclic) bond motifs is 1. The van der Waals surface area contributed by atoms with Crippen molar-refractivity contribution in [2.45, 2.75) is 13.0 Å². The van der Waals surface area contributed by atoms with E-state index in [0.29, 0.717) is 0 Å². The number of nitrogens with one attached hydrogen (secondary N) is 1. The first-order chi connectivity index (χ1) is 10.1. The number of carbonyl (C=O) groups is 1. The van der Waals surface area contributed by atoms with Crippen molar-refractivity contribution in [3.8, 4) is 0 Å². The maximum absolute atomic E-state index is 12.4. The van der Waals surface area contributed by atoms with E-state index in [4.69, 9.17) is 0 Å². The second-order valence-corrected chi connectivity index (χ2v) is 6.90. The monoisotopic (exact) mass is 359 g/mol. The van der Waals surface area contributed by atoms with Crippen molar-refractivity contribution in [1.82, 2.24) is 5.32 Å². The molecule has 3 aromatic rings. The topological polar surface area (TPSA) is 29.1 Å². The summed E-state index contributed by atoms with van der Waals surface area (Å²) in [5, 5.41) is 4.16. The van der Waals surface area contributed by atoms with Gasteiger partial charge >= 0.3 is 0 Å². The van der Waals surface area contributed by atoms with Gasteiger partial charge in [-0.1, -0.05) is 46.3 Å². The fourth-order valence-corrected chi connectivity index (χ4v) is 3.60. The summed E-state index contributed by atoms with van der Waals surface area (Å²) in [6.45, 7) is 1.99. The summed E-state index contributed by atoms with van der Waals surface area (Å²) in [7, 11) is 0. The van der Waals surface area contributed by atoms with Crippen LogP contribution in [0.1, 0.15) is 28.2 Å². The molecule has 0 saturated heterocycles. The van der Waals surface area contributed by atoms with E-state index in [1.165, 1.54) is 11.3 Å². The van der Waals surface area contributed by atoms with Crippen LogP contribution in [0, 0.1) is 0 Å². The zero-order chi connectivity index (χ0) is 14.8. The molecule has 21 heavy (non-hydrogen) atoms. The van der Waals surface area contributed by atoms with E-state index in [9.17, 15) is 4.79 Å². The highest BCUT2D eigenvalue weighted by Crippen LogP contribution is 2.26. The lowest BCUT2D eigenvalue weighted by Crippen LogP contribution is -2.25. The highest BCUT2D eigenvalue weighted by Gasteiger charge is 2.14. The van der Waals surface area contributed by atoms with Crippen LogP contribution in [0.25, 0.3) is 10.1 Å². The van der Waals surface area contributed by atoms with Gasteiger partial charge in [0.1, 0.15) is 0 Å². The average Bonchev–Trinajstić information content (AvgIpc) is 2.91. The Balaban J connectivity index is 1.79. The summed E-state index contributed by atoms with van der Waals surface area (Å²) in [5.41, 5.74) is 1.08. The third kappa shape index (κ3) is 3.17. The minimum Gasteiger partial charge on any atom is -0.345 e. The first kappa shape index (κ1) is 14.3. The van der Waals surface area contributed by atoms with E-state index in [-0.39, 0.29) is 11.9 Å². The number of amides is 1. The Labute approximate surface area is 135 Å². The Kier molecular flexibility index (Phi) is 4.08. The number of hydrogen-bond acceptors (Lipinski definition) is 2.